The van der Waals surface area contributed by atoms with Crippen LogP contribution >= 0.6 is 0 Å². The summed E-state index contributed by atoms with van der Waals surface area (Å²) < 4.78 is 32.3. The molecule has 0 atom stereocenters. The summed E-state index contributed by atoms with van der Waals surface area (Å²) in [5.74, 6) is 1.78. The van der Waals surface area contributed by atoms with Gasteiger partial charge < -0.3 is 4.74 Å². The first-order chi connectivity index (χ1) is 9.89. The molecule has 118 valence electrons. The first-order valence-corrected chi connectivity index (χ1v) is 9.06. The predicted molar refractivity (Wildman–Crippen MR) is 83.9 cm³/mol. The standard InChI is InChI=1S/C16H25NO3S/c1-13(2)12-20-15-4-6-16(7-5-15)21(18,19)17-10-8-14(3)9-11-17/h4-7,13-14H,8-12H2,1-3H3. The average molecular weight is 311 g/mol. The Labute approximate surface area is 128 Å². The van der Waals surface area contributed by atoms with Crippen LogP contribution in [-0.4, -0.2) is 32.4 Å². The normalized spacial score (nSPS) is 18.1. The molecule has 0 unspecified atom stereocenters. The molecule has 1 aliphatic rings. The maximum atomic E-state index is 12.6. The van der Waals surface area contributed by atoms with E-state index >= 15 is 0 Å². The molecule has 0 aromatic heterocycles. The van der Waals surface area contributed by atoms with Crippen LogP contribution in [0.1, 0.15) is 33.6 Å². The highest BCUT2D eigenvalue weighted by molar-refractivity contribution is 7.89. The second-order valence-corrected chi connectivity index (χ2v) is 8.20. The lowest BCUT2D eigenvalue weighted by molar-refractivity contribution is 0.271. The Bertz CT molecular complexity index is 543. The maximum Gasteiger partial charge on any atom is 0.243 e. The second-order valence-electron chi connectivity index (χ2n) is 6.26. The van der Waals surface area contributed by atoms with E-state index in [9.17, 15) is 8.42 Å². The van der Waals surface area contributed by atoms with Gasteiger partial charge in [0.05, 0.1) is 11.5 Å². The number of benzene rings is 1. The molecule has 1 fully saturated rings. The largest absolute Gasteiger partial charge is 0.493 e. The summed E-state index contributed by atoms with van der Waals surface area (Å²) in [5, 5.41) is 0. The number of piperidine rings is 1. The molecule has 0 saturated carbocycles. The number of hydrogen-bond acceptors (Lipinski definition) is 3. The summed E-state index contributed by atoms with van der Waals surface area (Å²) in [6, 6.07) is 6.76. The van der Waals surface area contributed by atoms with Crippen molar-refractivity contribution in [1.29, 1.82) is 0 Å². The van der Waals surface area contributed by atoms with Crippen LogP contribution in [0.5, 0.6) is 5.75 Å². The molecular formula is C16H25NO3S. The number of ether oxygens (including phenoxy) is 1. The van der Waals surface area contributed by atoms with Gasteiger partial charge in [-0.3, -0.25) is 0 Å². The minimum absolute atomic E-state index is 0.356. The first kappa shape index (κ1) is 16.3. The summed E-state index contributed by atoms with van der Waals surface area (Å²) in [6.07, 6.45) is 1.88. The Morgan fingerprint density at radius 2 is 1.76 bits per heavy atom. The lowest BCUT2D eigenvalue weighted by Crippen LogP contribution is -2.37. The topological polar surface area (TPSA) is 46.6 Å². The minimum atomic E-state index is -3.36. The molecule has 2 rings (SSSR count). The van der Waals surface area contributed by atoms with Gasteiger partial charge in [-0.2, -0.15) is 4.31 Å². The zero-order valence-electron chi connectivity index (χ0n) is 13.1. The van der Waals surface area contributed by atoms with Crippen LogP contribution in [0.3, 0.4) is 0 Å². The summed E-state index contributed by atoms with van der Waals surface area (Å²) in [4.78, 5) is 0.356. The highest BCUT2D eigenvalue weighted by Gasteiger charge is 2.27. The quantitative estimate of drug-likeness (QED) is 0.839. The van der Waals surface area contributed by atoms with Crippen LogP contribution in [0.15, 0.2) is 29.2 Å². The van der Waals surface area contributed by atoms with Gasteiger partial charge in [-0.25, -0.2) is 8.42 Å². The molecule has 0 spiro atoms. The van der Waals surface area contributed by atoms with E-state index in [1.807, 2.05) is 0 Å². The van der Waals surface area contributed by atoms with Crippen molar-refractivity contribution in [2.45, 2.75) is 38.5 Å². The van der Waals surface area contributed by atoms with E-state index in [0.717, 1.165) is 18.6 Å². The van der Waals surface area contributed by atoms with E-state index in [1.54, 1.807) is 28.6 Å². The average Bonchev–Trinajstić information content (AvgIpc) is 2.46. The van der Waals surface area contributed by atoms with Crippen molar-refractivity contribution >= 4 is 10.0 Å². The predicted octanol–water partition coefficient (Wildman–Crippen LogP) is 3.14. The number of sulfonamides is 1. The van der Waals surface area contributed by atoms with Gasteiger partial charge in [0.2, 0.25) is 10.0 Å². The van der Waals surface area contributed by atoms with Gasteiger partial charge >= 0.3 is 0 Å². The molecular weight excluding hydrogens is 286 g/mol. The second kappa shape index (κ2) is 6.79. The molecule has 5 heteroatoms. The van der Waals surface area contributed by atoms with Gasteiger partial charge in [0.15, 0.2) is 0 Å². The lowest BCUT2D eigenvalue weighted by Gasteiger charge is -2.29. The van der Waals surface area contributed by atoms with Crippen molar-refractivity contribution in [3.05, 3.63) is 24.3 Å². The van der Waals surface area contributed by atoms with E-state index < -0.39 is 10.0 Å². The Morgan fingerprint density at radius 1 is 1.19 bits per heavy atom. The van der Waals surface area contributed by atoms with Crippen LogP contribution in [-0.2, 0) is 10.0 Å². The van der Waals surface area contributed by atoms with E-state index in [2.05, 4.69) is 20.8 Å². The van der Waals surface area contributed by atoms with Crippen LogP contribution < -0.4 is 4.74 Å². The molecule has 0 aliphatic carbocycles. The number of nitrogens with zero attached hydrogens (tertiary/aromatic N) is 1. The number of rotatable bonds is 5. The summed E-state index contributed by atoms with van der Waals surface area (Å²) in [6.45, 7) is 8.21. The Morgan fingerprint density at radius 3 is 2.29 bits per heavy atom. The molecule has 1 aromatic rings. The van der Waals surface area contributed by atoms with E-state index in [0.29, 0.717) is 36.4 Å². The molecule has 0 bridgehead atoms. The fraction of sp³-hybridized carbons (Fsp3) is 0.625. The van der Waals surface area contributed by atoms with Crippen molar-refractivity contribution in [2.75, 3.05) is 19.7 Å². The third-order valence-corrected chi connectivity index (χ3v) is 5.70. The fourth-order valence-corrected chi connectivity index (χ4v) is 3.81. The third kappa shape index (κ3) is 4.20. The molecule has 4 nitrogen and oxygen atoms in total. The smallest absolute Gasteiger partial charge is 0.243 e. The minimum Gasteiger partial charge on any atom is -0.493 e. The molecule has 0 radical (unpaired) electrons. The van der Waals surface area contributed by atoms with Crippen molar-refractivity contribution < 1.29 is 13.2 Å². The molecule has 1 aliphatic heterocycles. The summed E-state index contributed by atoms with van der Waals surface area (Å²) in [5.41, 5.74) is 0. The Hall–Kier alpha value is -1.07. The SMILES string of the molecule is CC(C)COc1ccc(S(=O)(=O)N2CCC(C)CC2)cc1. The lowest BCUT2D eigenvalue weighted by atomic mass is 10.0. The number of hydrogen-bond donors (Lipinski definition) is 0. The molecule has 1 aromatic carbocycles. The molecule has 1 heterocycles. The zero-order valence-corrected chi connectivity index (χ0v) is 13.9. The maximum absolute atomic E-state index is 12.6. The monoisotopic (exact) mass is 311 g/mol. The van der Waals surface area contributed by atoms with Gasteiger partial charge in [-0.1, -0.05) is 20.8 Å². The van der Waals surface area contributed by atoms with E-state index in [1.165, 1.54) is 0 Å². The van der Waals surface area contributed by atoms with E-state index in [4.69, 9.17) is 4.74 Å². The van der Waals surface area contributed by atoms with Crippen molar-refractivity contribution in [3.8, 4) is 5.75 Å². The summed E-state index contributed by atoms with van der Waals surface area (Å²) >= 11 is 0. The van der Waals surface area contributed by atoms with Crippen LogP contribution in [0.4, 0.5) is 0 Å². The van der Waals surface area contributed by atoms with Crippen molar-refractivity contribution in [3.63, 3.8) is 0 Å². The molecule has 21 heavy (non-hydrogen) atoms. The van der Waals surface area contributed by atoms with Gasteiger partial charge in [-0.15, -0.1) is 0 Å². The van der Waals surface area contributed by atoms with Gasteiger partial charge in [-0.05, 0) is 48.9 Å². The van der Waals surface area contributed by atoms with Crippen molar-refractivity contribution in [1.82, 2.24) is 4.31 Å². The Balaban J connectivity index is 2.06. The molecule has 0 N–H and O–H groups in total. The highest BCUT2D eigenvalue weighted by Crippen LogP contribution is 2.24. The van der Waals surface area contributed by atoms with Crippen molar-refractivity contribution in [2.24, 2.45) is 11.8 Å². The highest BCUT2D eigenvalue weighted by atomic mass is 32.2. The van der Waals surface area contributed by atoms with Gasteiger partial charge in [0.25, 0.3) is 0 Å². The third-order valence-electron chi connectivity index (χ3n) is 3.79. The van der Waals surface area contributed by atoms with Gasteiger partial charge in [0, 0.05) is 13.1 Å². The zero-order chi connectivity index (χ0) is 15.5. The van der Waals surface area contributed by atoms with Crippen LogP contribution in [0, 0.1) is 11.8 Å². The van der Waals surface area contributed by atoms with Gasteiger partial charge in [0.1, 0.15) is 5.75 Å². The van der Waals surface area contributed by atoms with E-state index in [-0.39, 0.29) is 0 Å². The Kier molecular flexibility index (Phi) is 5.27. The van der Waals surface area contributed by atoms with Crippen LogP contribution in [0.2, 0.25) is 0 Å². The fourth-order valence-electron chi connectivity index (χ4n) is 2.35. The van der Waals surface area contributed by atoms with Crippen LogP contribution in [0.25, 0.3) is 0 Å². The molecule has 0 amide bonds. The molecule has 1 saturated heterocycles. The first-order valence-electron chi connectivity index (χ1n) is 7.62. The summed E-state index contributed by atoms with van der Waals surface area (Å²) in [7, 11) is -3.36.